The molecule has 0 spiro atoms. The number of carbonyl (C=O) groups excluding carboxylic acids is 1. The summed E-state index contributed by atoms with van der Waals surface area (Å²) in [5.41, 5.74) is 2.54. The van der Waals surface area contributed by atoms with Crippen LogP contribution in [0.25, 0.3) is 0 Å². The van der Waals surface area contributed by atoms with Gasteiger partial charge in [0.1, 0.15) is 5.00 Å². The molecule has 3 rings (SSSR count). The Morgan fingerprint density at radius 1 is 1.19 bits per heavy atom. The van der Waals surface area contributed by atoms with Crippen LogP contribution in [0, 0.1) is 0 Å². The predicted molar refractivity (Wildman–Crippen MR) is 112 cm³/mol. The number of nitrogens with zero attached hydrogens (tertiary/aromatic N) is 1. The van der Waals surface area contributed by atoms with Gasteiger partial charge in [-0.05, 0) is 36.0 Å². The van der Waals surface area contributed by atoms with E-state index in [1.807, 2.05) is 42.5 Å². The van der Waals surface area contributed by atoms with Crippen LogP contribution in [0.1, 0.15) is 26.5 Å². The van der Waals surface area contributed by atoms with Crippen molar-refractivity contribution in [3.63, 3.8) is 0 Å². The van der Waals surface area contributed by atoms with E-state index in [2.05, 4.69) is 27.8 Å². The quantitative estimate of drug-likeness (QED) is 0.484. The molecule has 0 saturated carbocycles. The summed E-state index contributed by atoms with van der Waals surface area (Å²) < 4.78 is 4.91. The Bertz CT molecular complexity index is 911. The summed E-state index contributed by atoms with van der Waals surface area (Å²) in [5, 5.41) is 7.32. The lowest BCUT2D eigenvalue weighted by molar-refractivity contribution is 0.0602. The number of thiocarbonyl (C=S) groups is 1. The third-order valence-corrected chi connectivity index (χ3v) is 5.09. The van der Waals surface area contributed by atoms with E-state index in [4.69, 9.17) is 17.0 Å². The van der Waals surface area contributed by atoms with E-state index in [1.54, 1.807) is 6.20 Å². The van der Waals surface area contributed by atoms with Crippen LogP contribution in [0.2, 0.25) is 0 Å². The molecular formula is C20H19N3O2S2. The van der Waals surface area contributed by atoms with Gasteiger partial charge in [0.05, 0.1) is 24.9 Å². The van der Waals surface area contributed by atoms with Crippen molar-refractivity contribution in [2.45, 2.75) is 13.0 Å². The highest BCUT2D eigenvalue weighted by molar-refractivity contribution is 7.80. The molecule has 0 bridgehead atoms. The van der Waals surface area contributed by atoms with Crippen molar-refractivity contribution >= 4 is 39.6 Å². The summed E-state index contributed by atoms with van der Waals surface area (Å²) in [6, 6.07) is 17.7. The molecule has 5 nitrogen and oxygen atoms in total. The van der Waals surface area contributed by atoms with Crippen LogP contribution in [0.3, 0.4) is 0 Å². The Morgan fingerprint density at radius 2 is 1.96 bits per heavy atom. The number of benzene rings is 1. The van der Waals surface area contributed by atoms with Crippen molar-refractivity contribution in [1.82, 2.24) is 10.3 Å². The lowest BCUT2D eigenvalue weighted by Crippen LogP contribution is -2.28. The minimum atomic E-state index is -0.388. The molecule has 138 valence electrons. The molecule has 7 heteroatoms. The topological polar surface area (TPSA) is 63.2 Å². The highest BCUT2D eigenvalue weighted by Crippen LogP contribution is 2.30. The van der Waals surface area contributed by atoms with Crippen LogP contribution in [0.4, 0.5) is 5.00 Å². The monoisotopic (exact) mass is 397 g/mol. The predicted octanol–water partition coefficient (Wildman–Crippen LogP) is 4.01. The van der Waals surface area contributed by atoms with Crippen molar-refractivity contribution in [3.05, 3.63) is 82.5 Å². The number of esters is 1. The van der Waals surface area contributed by atoms with E-state index >= 15 is 0 Å². The SMILES string of the molecule is COC(=O)c1cc(Cc2ccccc2)sc1NC(=S)NCc1ccccn1. The van der Waals surface area contributed by atoms with Crippen molar-refractivity contribution in [3.8, 4) is 0 Å². The normalized spacial score (nSPS) is 10.3. The van der Waals surface area contributed by atoms with Crippen molar-refractivity contribution in [2.75, 3.05) is 12.4 Å². The van der Waals surface area contributed by atoms with E-state index in [-0.39, 0.29) is 5.97 Å². The molecule has 0 saturated heterocycles. The molecule has 0 atom stereocenters. The van der Waals surface area contributed by atoms with Gasteiger partial charge in [0, 0.05) is 17.5 Å². The summed E-state index contributed by atoms with van der Waals surface area (Å²) in [7, 11) is 1.37. The average Bonchev–Trinajstić information content (AvgIpc) is 3.09. The maximum absolute atomic E-state index is 12.1. The average molecular weight is 398 g/mol. The molecule has 0 unspecified atom stereocenters. The summed E-state index contributed by atoms with van der Waals surface area (Å²) in [6.07, 6.45) is 2.48. The summed E-state index contributed by atoms with van der Waals surface area (Å²) in [5.74, 6) is -0.388. The maximum atomic E-state index is 12.1. The second-order valence-electron chi connectivity index (χ2n) is 5.74. The number of carbonyl (C=O) groups is 1. The number of anilines is 1. The van der Waals surface area contributed by atoms with E-state index in [1.165, 1.54) is 24.0 Å². The van der Waals surface area contributed by atoms with E-state index in [0.29, 0.717) is 22.2 Å². The first-order chi connectivity index (χ1) is 13.2. The number of thiophene rings is 1. The number of aromatic nitrogens is 1. The molecule has 2 heterocycles. The first kappa shape index (κ1) is 19.0. The van der Waals surface area contributed by atoms with E-state index < -0.39 is 0 Å². The number of hydrogen-bond donors (Lipinski definition) is 2. The first-order valence-electron chi connectivity index (χ1n) is 8.35. The van der Waals surface area contributed by atoms with Gasteiger partial charge in [0.2, 0.25) is 0 Å². The molecule has 0 aliphatic rings. The smallest absolute Gasteiger partial charge is 0.340 e. The molecule has 0 aliphatic carbocycles. The van der Waals surface area contributed by atoms with Crippen LogP contribution in [0.5, 0.6) is 0 Å². The molecular weight excluding hydrogens is 378 g/mol. The van der Waals surface area contributed by atoms with E-state index in [9.17, 15) is 4.79 Å². The highest BCUT2D eigenvalue weighted by atomic mass is 32.1. The van der Waals surface area contributed by atoms with Crippen molar-refractivity contribution in [1.29, 1.82) is 0 Å². The van der Waals surface area contributed by atoms with Crippen molar-refractivity contribution in [2.24, 2.45) is 0 Å². The minimum absolute atomic E-state index is 0.388. The number of hydrogen-bond acceptors (Lipinski definition) is 5. The molecule has 27 heavy (non-hydrogen) atoms. The number of pyridine rings is 1. The number of methoxy groups -OCH3 is 1. The molecule has 2 aromatic heterocycles. The van der Waals surface area contributed by atoms with Gasteiger partial charge in [0.15, 0.2) is 5.11 Å². The van der Waals surface area contributed by atoms with Crippen LogP contribution >= 0.6 is 23.6 Å². The molecule has 1 aromatic carbocycles. The van der Waals surface area contributed by atoms with Crippen LogP contribution in [-0.4, -0.2) is 23.2 Å². The fourth-order valence-electron chi connectivity index (χ4n) is 2.50. The number of ether oxygens (including phenoxy) is 1. The largest absolute Gasteiger partial charge is 0.465 e. The highest BCUT2D eigenvalue weighted by Gasteiger charge is 2.18. The Kier molecular flexibility index (Phi) is 6.51. The zero-order chi connectivity index (χ0) is 19.1. The van der Waals surface area contributed by atoms with Gasteiger partial charge >= 0.3 is 5.97 Å². The lowest BCUT2D eigenvalue weighted by atomic mass is 10.1. The summed E-state index contributed by atoms with van der Waals surface area (Å²) >= 11 is 6.85. The van der Waals surface area contributed by atoms with Gasteiger partial charge < -0.3 is 15.4 Å². The zero-order valence-corrected chi connectivity index (χ0v) is 16.4. The maximum Gasteiger partial charge on any atom is 0.340 e. The molecule has 0 fully saturated rings. The van der Waals surface area contributed by atoms with Gasteiger partial charge in [-0.1, -0.05) is 36.4 Å². The van der Waals surface area contributed by atoms with Gasteiger partial charge in [-0.25, -0.2) is 4.79 Å². The molecule has 2 N–H and O–H groups in total. The Hall–Kier alpha value is -2.77. The van der Waals surface area contributed by atoms with Crippen LogP contribution in [0.15, 0.2) is 60.8 Å². The summed E-state index contributed by atoms with van der Waals surface area (Å²) in [6.45, 7) is 0.502. The standard InChI is InChI=1S/C20H19N3O2S2/c1-25-19(24)17-12-16(11-14-7-3-2-4-8-14)27-18(17)23-20(26)22-13-15-9-5-6-10-21-15/h2-10,12H,11,13H2,1H3,(H2,22,23,26). The van der Waals surface area contributed by atoms with Gasteiger partial charge in [-0.15, -0.1) is 11.3 Å². The third kappa shape index (κ3) is 5.35. The lowest BCUT2D eigenvalue weighted by Gasteiger charge is -2.10. The van der Waals surface area contributed by atoms with Crippen LogP contribution < -0.4 is 10.6 Å². The zero-order valence-electron chi connectivity index (χ0n) is 14.8. The Labute approximate surface area is 167 Å². The van der Waals surface area contributed by atoms with Gasteiger partial charge in [0.25, 0.3) is 0 Å². The second kappa shape index (κ2) is 9.25. The Balaban J connectivity index is 1.70. The van der Waals surface area contributed by atoms with E-state index in [0.717, 1.165) is 17.0 Å². The Morgan fingerprint density at radius 3 is 2.67 bits per heavy atom. The summed E-state index contributed by atoms with van der Waals surface area (Å²) in [4.78, 5) is 17.4. The molecule has 0 aliphatic heterocycles. The van der Waals surface area contributed by atoms with Crippen molar-refractivity contribution < 1.29 is 9.53 Å². The minimum Gasteiger partial charge on any atom is -0.465 e. The third-order valence-electron chi connectivity index (χ3n) is 3.79. The second-order valence-corrected chi connectivity index (χ2v) is 7.28. The number of rotatable bonds is 6. The van der Waals surface area contributed by atoms with Gasteiger partial charge in [-0.2, -0.15) is 0 Å². The molecule has 0 amide bonds. The fourth-order valence-corrected chi connectivity index (χ4v) is 3.82. The molecule has 3 aromatic rings. The number of nitrogens with one attached hydrogen (secondary N) is 2. The first-order valence-corrected chi connectivity index (χ1v) is 9.58. The van der Waals surface area contributed by atoms with Gasteiger partial charge in [-0.3, -0.25) is 4.98 Å². The molecule has 0 radical (unpaired) electrons. The fraction of sp³-hybridized carbons (Fsp3) is 0.150. The van der Waals surface area contributed by atoms with Crippen LogP contribution in [-0.2, 0) is 17.7 Å².